The third-order valence-corrected chi connectivity index (χ3v) is 2.77. The van der Waals surface area contributed by atoms with Crippen LogP contribution in [0.2, 0.25) is 0 Å². The van der Waals surface area contributed by atoms with Crippen molar-refractivity contribution in [1.82, 2.24) is 4.68 Å². The zero-order chi connectivity index (χ0) is 12.4. The highest BCUT2D eigenvalue weighted by Crippen LogP contribution is 2.22. The summed E-state index contributed by atoms with van der Waals surface area (Å²) in [6, 6.07) is 8.66. The van der Waals surface area contributed by atoms with Crippen LogP contribution in [-0.2, 0) is 6.54 Å². The first-order valence-electron chi connectivity index (χ1n) is 5.47. The average Bonchev–Trinajstić information content (AvgIpc) is 2.58. The minimum absolute atomic E-state index is 0.0691. The number of hydrogen-bond acceptors (Lipinski definition) is 3. The molecule has 0 amide bonds. The van der Waals surface area contributed by atoms with Crippen LogP contribution in [0.25, 0.3) is 0 Å². The van der Waals surface area contributed by atoms with Gasteiger partial charge in [0.25, 0.3) is 0 Å². The van der Waals surface area contributed by atoms with Crippen LogP contribution in [0, 0.1) is 13.8 Å². The topological polar surface area (TPSA) is 57.4 Å². The number of phenols is 2. The second-order valence-corrected chi connectivity index (χ2v) is 4.10. The molecule has 1 aromatic carbocycles. The van der Waals surface area contributed by atoms with Crippen molar-refractivity contribution in [3.63, 3.8) is 0 Å². The summed E-state index contributed by atoms with van der Waals surface area (Å²) in [5, 5.41) is 18.8. The molecule has 0 aliphatic heterocycles. The fourth-order valence-electron chi connectivity index (χ4n) is 1.78. The summed E-state index contributed by atoms with van der Waals surface area (Å²) in [6.07, 6.45) is 0. The first-order chi connectivity index (χ1) is 8.08. The van der Waals surface area contributed by atoms with Crippen molar-refractivity contribution in [3.05, 3.63) is 47.3 Å². The summed E-state index contributed by atoms with van der Waals surface area (Å²) in [7, 11) is 0. The maximum Gasteiger partial charge on any atom is 0.124 e. The predicted octanol–water partition coefficient (Wildman–Crippen LogP) is 2.26. The Labute approximate surface area is 100 Å². The van der Waals surface area contributed by atoms with Gasteiger partial charge in [-0.3, -0.25) is 4.68 Å². The number of aromatic hydroxyl groups is 2. The molecule has 0 radical (unpaired) electrons. The normalized spacial score (nSPS) is 10.5. The van der Waals surface area contributed by atoms with Crippen LogP contribution in [0.5, 0.6) is 11.5 Å². The SMILES string of the molecule is Cc1ccc(C)n1NCc1ccc(O)cc1O. The Balaban J connectivity index is 2.13. The number of nitrogens with zero attached hydrogens (tertiary/aromatic N) is 1. The van der Waals surface area contributed by atoms with Crippen LogP contribution in [0.3, 0.4) is 0 Å². The van der Waals surface area contributed by atoms with E-state index in [1.54, 1.807) is 12.1 Å². The number of nitrogens with one attached hydrogen (secondary N) is 1. The average molecular weight is 232 g/mol. The molecular formula is C13H16N2O2. The molecule has 0 saturated heterocycles. The van der Waals surface area contributed by atoms with Crippen LogP contribution in [0.4, 0.5) is 0 Å². The molecule has 2 rings (SSSR count). The first kappa shape index (κ1) is 11.4. The fourth-order valence-corrected chi connectivity index (χ4v) is 1.78. The monoisotopic (exact) mass is 232 g/mol. The highest BCUT2D eigenvalue weighted by atomic mass is 16.3. The lowest BCUT2D eigenvalue weighted by atomic mass is 10.2. The highest BCUT2D eigenvalue weighted by molar-refractivity contribution is 5.39. The van der Waals surface area contributed by atoms with Crippen LogP contribution in [0.1, 0.15) is 17.0 Å². The van der Waals surface area contributed by atoms with E-state index in [4.69, 9.17) is 0 Å². The Bertz CT molecular complexity index is 513. The largest absolute Gasteiger partial charge is 0.508 e. The molecule has 90 valence electrons. The molecule has 1 heterocycles. The van der Waals surface area contributed by atoms with Crippen molar-refractivity contribution in [2.45, 2.75) is 20.4 Å². The van der Waals surface area contributed by atoms with Crippen molar-refractivity contribution in [2.24, 2.45) is 0 Å². The lowest BCUT2D eigenvalue weighted by Crippen LogP contribution is -2.16. The summed E-state index contributed by atoms with van der Waals surface area (Å²) < 4.78 is 1.96. The van der Waals surface area contributed by atoms with E-state index in [1.807, 2.05) is 30.7 Å². The van der Waals surface area contributed by atoms with Gasteiger partial charge in [-0.05, 0) is 38.1 Å². The molecule has 0 unspecified atom stereocenters. The van der Waals surface area contributed by atoms with E-state index in [-0.39, 0.29) is 11.5 Å². The quantitative estimate of drug-likeness (QED) is 0.760. The van der Waals surface area contributed by atoms with Crippen LogP contribution < -0.4 is 5.43 Å². The number of hydrogen-bond donors (Lipinski definition) is 3. The van der Waals surface area contributed by atoms with E-state index >= 15 is 0 Å². The van der Waals surface area contributed by atoms with Crippen molar-refractivity contribution in [1.29, 1.82) is 0 Å². The summed E-state index contributed by atoms with van der Waals surface area (Å²) in [5.41, 5.74) is 6.18. The van der Waals surface area contributed by atoms with Gasteiger partial charge in [0.2, 0.25) is 0 Å². The molecule has 17 heavy (non-hydrogen) atoms. The Morgan fingerprint density at radius 3 is 2.29 bits per heavy atom. The molecule has 0 bridgehead atoms. The van der Waals surface area contributed by atoms with Crippen molar-refractivity contribution >= 4 is 0 Å². The number of phenolic OH excluding ortho intramolecular Hbond substituents is 2. The van der Waals surface area contributed by atoms with E-state index < -0.39 is 0 Å². The molecule has 0 saturated carbocycles. The lowest BCUT2D eigenvalue weighted by Gasteiger charge is -2.13. The van der Waals surface area contributed by atoms with Crippen molar-refractivity contribution in [3.8, 4) is 11.5 Å². The van der Waals surface area contributed by atoms with Gasteiger partial charge in [-0.1, -0.05) is 0 Å². The number of aromatic nitrogens is 1. The molecule has 0 aliphatic carbocycles. The summed E-state index contributed by atoms with van der Waals surface area (Å²) in [5.74, 6) is 0.166. The zero-order valence-electron chi connectivity index (χ0n) is 9.94. The van der Waals surface area contributed by atoms with Crippen LogP contribution in [-0.4, -0.2) is 14.9 Å². The third-order valence-electron chi connectivity index (χ3n) is 2.77. The predicted molar refractivity (Wildman–Crippen MR) is 66.7 cm³/mol. The van der Waals surface area contributed by atoms with Gasteiger partial charge in [-0.15, -0.1) is 0 Å². The summed E-state index contributed by atoms with van der Waals surface area (Å²) in [4.78, 5) is 0. The van der Waals surface area contributed by atoms with Gasteiger partial charge in [0.15, 0.2) is 0 Å². The van der Waals surface area contributed by atoms with E-state index in [0.29, 0.717) is 6.54 Å². The fraction of sp³-hybridized carbons (Fsp3) is 0.231. The number of benzene rings is 1. The van der Waals surface area contributed by atoms with Crippen LogP contribution in [0.15, 0.2) is 30.3 Å². The van der Waals surface area contributed by atoms with Gasteiger partial charge >= 0.3 is 0 Å². The number of rotatable bonds is 3. The standard InChI is InChI=1S/C13H16N2O2/c1-9-3-4-10(2)15(9)14-8-11-5-6-12(16)7-13(11)17/h3-7,14,16-17H,8H2,1-2H3. The second-order valence-electron chi connectivity index (χ2n) is 4.10. The van der Waals surface area contributed by atoms with Gasteiger partial charge in [0.05, 0.1) is 6.54 Å². The molecule has 0 fully saturated rings. The van der Waals surface area contributed by atoms with Crippen LogP contribution >= 0.6 is 0 Å². The summed E-state index contributed by atoms with van der Waals surface area (Å²) in [6.45, 7) is 4.52. The Morgan fingerprint density at radius 1 is 1.06 bits per heavy atom. The molecule has 4 nitrogen and oxygen atoms in total. The molecule has 0 aliphatic rings. The van der Waals surface area contributed by atoms with E-state index in [1.165, 1.54) is 6.07 Å². The molecule has 0 spiro atoms. The molecule has 3 N–H and O–H groups in total. The Morgan fingerprint density at radius 2 is 1.71 bits per heavy atom. The van der Waals surface area contributed by atoms with Crippen molar-refractivity contribution < 1.29 is 10.2 Å². The summed E-state index contributed by atoms with van der Waals surface area (Å²) >= 11 is 0. The van der Waals surface area contributed by atoms with Crippen molar-refractivity contribution in [2.75, 3.05) is 5.43 Å². The molecular weight excluding hydrogens is 216 g/mol. The van der Waals surface area contributed by atoms with Gasteiger partial charge in [0.1, 0.15) is 11.5 Å². The Hall–Kier alpha value is -2.10. The highest BCUT2D eigenvalue weighted by Gasteiger charge is 2.04. The minimum Gasteiger partial charge on any atom is -0.508 e. The second kappa shape index (κ2) is 4.41. The smallest absolute Gasteiger partial charge is 0.124 e. The minimum atomic E-state index is 0.0691. The first-order valence-corrected chi connectivity index (χ1v) is 5.47. The molecule has 0 atom stereocenters. The maximum absolute atomic E-state index is 9.65. The molecule has 2 aromatic rings. The van der Waals surface area contributed by atoms with Gasteiger partial charge in [-0.2, -0.15) is 0 Å². The van der Waals surface area contributed by atoms with E-state index in [0.717, 1.165) is 17.0 Å². The third kappa shape index (κ3) is 2.36. The number of aryl methyl sites for hydroxylation is 2. The van der Waals surface area contributed by atoms with Gasteiger partial charge in [-0.25, -0.2) is 0 Å². The lowest BCUT2D eigenvalue weighted by molar-refractivity contribution is 0.446. The molecule has 1 aromatic heterocycles. The van der Waals surface area contributed by atoms with Gasteiger partial charge < -0.3 is 15.6 Å². The van der Waals surface area contributed by atoms with E-state index in [2.05, 4.69) is 5.43 Å². The van der Waals surface area contributed by atoms with Gasteiger partial charge in [0, 0.05) is 23.0 Å². The molecule has 4 heteroatoms. The van der Waals surface area contributed by atoms with E-state index in [9.17, 15) is 10.2 Å². The Kier molecular flexibility index (Phi) is 2.95. The zero-order valence-corrected chi connectivity index (χ0v) is 9.94. The maximum atomic E-state index is 9.65.